The van der Waals surface area contributed by atoms with Crippen LogP contribution in [0.25, 0.3) is 0 Å². The predicted molar refractivity (Wildman–Crippen MR) is 79.5 cm³/mol. The third-order valence-corrected chi connectivity index (χ3v) is 3.32. The summed E-state index contributed by atoms with van der Waals surface area (Å²) in [7, 11) is 0. The summed E-state index contributed by atoms with van der Waals surface area (Å²) in [5.41, 5.74) is -1.78. The van der Waals surface area contributed by atoms with Crippen molar-refractivity contribution in [2.75, 3.05) is 10.6 Å². The van der Waals surface area contributed by atoms with E-state index in [1.165, 1.54) is 29.7 Å². The first-order valence-corrected chi connectivity index (χ1v) is 7.03. The van der Waals surface area contributed by atoms with Crippen molar-refractivity contribution in [3.05, 3.63) is 53.2 Å². The van der Waals surface area contributed by atoms with E-state index >= 15 is 0 Å². The van der Waals surface area contributed by atoms with Crippen LogP contribution in [0.1, 0.15) is 5.56 Å². The van der Waals surface area contributed by atoms with Crippen LogP contribution in [-0.4, -0.2) is 10.9 Å². The first-order chi connectivity index (χ1) is 10.9. The SMILES string of the molecule is N#C/C(=C/Nc1nccs1)C(=O)Nc1ccccc1C(F)(F)F. The molecule has 1 aromatic heterocycles. The van der Waals surface area contributed by atoms with Gasteiger partial charge in [0.1, 0.15) is 11.6 Å². The van der Waals surface area contributed by atoms with Gasteiger partial charge in [0, 0.05) is 17.8 Å². The number of anilines is 2. The number of carbonyl (C=O) groups is 1. The Balaban J connectivity index is 2.18. The predicted octanol–water partition coefficient (Wildman–Crippen LogP) is 3.62. The Hall–Kier alpha value is -2.86. The molecular weight excluding hydrogens is 329 g/mol. The number of nitrogens with one attached hydrogen (secondary N) is 2. The third kappa shape index (κ3) is 4.31. The quantitative estimate of drug-likeness (QED) is 0.659. The lowest BCUT2D eigenvalue weighted by Gasteiger charge is -2.13. The van der Waals surface area contributed by atoms with Crippen molar-refractivity contribution >= 4 is 28.1 Å². The number of thiazole rings is 1. The molecule has 2 N–H and O–H groups in total. The molecule has 0 aliphatic heterocycles. The smallest absolute Gasteiger partial charge is 0.337 e. The first-order valence-electron chi connectivity index (χ1n) is 6.15. The lowest BCUT2D eigenvalue weighted by atomic mass is 10.1. The van der Waals surface area contributed by atoms with Crippen LogP contribution in [0, 0.1) is 11.3 Å². The van der Waals surface area contributed by atoms with Crippen molar-refractivity contribution in [3.8, 4) is 6.07 Å². The van der Waals surface area contributed by atoms with E-state index in [1.54, 1.807) is 11.4 Å². The molecule has 0 spiro atoms. The molecule has 1 heterocycles. The second-order valence-corrected chi connectivity index (χ2v) is 5.04. The van der Waals surface area contributed by atoms with Gasteiger partial charge in [-0.3, -0.25) is 4.79 Å². The number of aromatic nitrogens is 1. The van der Waals surface area contributed by atoms with Crippen LogP contribution in [0.5, 0.6) is 0 Å². The molecule has 0 radical (unpaired) electrons. The number of carbonyl (C=O) groups excluding carboxylic acids is 1. The van der Waals surface area contributed by atoms with Crippen LogP contribution in [-0.2, 0) is 11.0 Å². The number of rotatable bonds is 4. The Morgan fingerprint density at radius 1 is 1.35 bits per heavy atom. The number of alkyl halides is 3. The Kier molecular flexibility index (Phi) is 4.98. The monoisotopic (exact) mass is 338 g/mol. The average Bonchev–Trinajstić information content (AvgIpc) is 3.00. The van der Waals surface area contributed by atoms with E-state index in [1.807, 2.05) is 0 Å². The van der Waals surface area contributed by atoms with Crippen LogP contribution in [0.4, 0.5) is 24.0 Å². The van der Waals surface area contributed by atoms with Crippen molar-refractivity contribution in [2.45, 2.75) is 6.18 Å². The molecule has 0 bridgehead atoms. The lowest BCUT2D eigenvalue weighted by molar-refractivity contribution is -0.136. The van der Waals surface area contributed by atoms with Gasteiger partial charge in [0.2, 0.25) is 0 Å². The van der Waals surface area contributed by atoms with Gasteiger partial charge in [-0.25, -0.2) is 4.98 Å². The Bertz CT molecular complexity index is 763. The van der Waals surface area contributed by atoms with Crippen LogP contribution in [0.2, 0.25) is 0 Å². The zero-order valence-electron chi connectivity index (χ0n) is 11.4. The van der Waals surface area contributed by atoms with E-state index in [2.05, 4.69) is 15.6 Å². The molecule has 9 heteroatoms. The second-order valence-electron chi connectivity index (χ2n) is 4.15. The fourth-order valence-electron chi connectivity index (χ4n) is 1.61. The molecule has 118 valence electrons. The zero-order valence-corrected chi connectivity index (χ0v) is 12.2. The fraction of sp³-hybridized carbons (Fsp3) is 0.0714. The molecule has 0 atom stereocenters. The van der Waals surface area contributed by atoms with Gasteiger partial charge >= 0.3 is 6.18 Å². The number of nitrogens with zero attached hydrogens (tertiary/aromatic N) is 2. The van der Waals surface area contributed by atoms with Gasteiger partial charge in [0.05, 0.1) is 11.3 Å². The number of benzene rings is 1. The second kappa shape index (κ2) is 6.93. The Morgan fingerprint density at radius 3 is 2.70 bits per heavy atom. The number of nitriles is 1. The van der Waals surface area contributed by atoms with E-state index < -0.39 is 23.3 Å². The summed E-state index contributed by atoms with van der Waals surface area (Å²) >= 11 is 1.24. The molecule has 0 saturated heterocycles. The topological polar surface area (TPSA) is 77.8 Å². The molecule has 2 aromatic rings. The summed E-state index contributed by atoms with van der Waals surface area (Å²) in [6.45, 7) is 0. The summed E-state index contributed by atoms with van der Waals surface area (Å²) in [6, 6.07) is 6.15. The molecular formula is C14H9F3N4OS. The minimum absolute atomic E-state index is 0.378. The highest BCUT2D eigenvalue weighted by atomic mass is 32.1. The van der Waals surface area contributed by atoms with E-state index in [-0.39, 0.29) is 5.57 Å². The molecule has 0 saturated carbocycles. The van der Waals surface area contributed by atoms with Crippen LogP contribution in [0.15, 0.2) is 47.6 Å². The van der Waals surface area contributed by atoms with Gasteiger partial charge in [0.15, 0.2) is 5.13 Å². The molecule has 5 nitrogen and oxygen atoms in total. The normalized spacial score (nSPS) is 11.7. The lowest BCUT2D eigenvalue weighted by Crippen LogP contribution is -2.18. The minimum atomic E-state index is -4.61. The van der Waals surface area contributed by atoms with Crippen molar-refractivity contribution in [2.24, 2.45) is 0 Å². The zero-order chi connectivity index (χ0) is 16.9. The summed E-state index contributed by atoms with van der Waals surface area (Å²) in [5, 5.41) is 15.8. The molecule has 23 heavy (non-hydrogen) atoms. The highest BCUT2D eigenvalue weighted by Crippen LogP contribution is 2.34. The molecule has 2 rings (SSSR count). The molecule has 0 aliphatic carbocycles. The van der Waals surface area contributed by atoms with Gasteiger partial charge in [-0.2, -0.15) is 18.4 Å². The maximum absolute atomic E-state index is 12.9. The number of hydrogen-bond acceptors (Lipinski definition) is 5. The van der Waals surface area contributed by atoms with Gasteiger partial charge in [-0.1, -0.05) is 12.1 Å². The van der Waals surface area contributed by atoms with Crippen LogP contribution < -0.4 is 10.6 Å². The van der Waals surface area contributed by atoms with Gasteiger partial charge in [-0.05, 0) is 12.1 Å². The van der Waals surface area contributed by atoms with E-state index in [0.717, 1.165) is 18.3 Å². The number of halogens is 3. The van der Waals surface area contributed by atoms with Crippen molar-refractivity contribution in [3.63, 3.8) is 0 Å². The number of amides is 1. The van der Waals surface area contributed by atoms with Gasteiger partial charge in [-0.15, -0.1) is 11.3 Å². The van der Waals surface area contributed by atoms with Gasteiger partial charge < -0.3 is 10.6 Å². The van der Waals surface area contributed by atoms with Crippen LogP contribution >= 0.6 is 11.3 Å². The molecule has 1 amide bonds. The summed E-state index contributed by atoms with van der Waals surface area (Å²) in [4.78, 5) is 15.8. The fourth-order valence-corrected chi connectivity index (χ4v) is 2.11. The number of hydrogen-bond donors (Lipinski definition) is 2. The first kappa shape index (κ1) is 16.5. The van der Waals surface area contributed by atoms with Crippen molar-refractivity contribution < 1.29 is 18.0 Å². The largest absolute Gasteiger partial charge is 0.418 e. The summed E-state index contributed by atoms with van der Waals surface area (Å²) in [5.74, 6) is -0.951. The molecule has 1 aromatic carbocycles. The highest BCUT2D eigenvalue weighted by molar-refractivity contribution is 7.13. The number of para-hydroxylation sites is 1. The minimum Gasteiger partial charge on any atom is -0.337 e. The molecule has 0 aliphatic rings. The molecule has 0 unspecified atom stereocenters. The van der Waals surface area contributed by atoms with Crippen molar-refractivity contribution in [1.29, 1.82) is 5.26 Å². The Labute approximate surface area is 133 Å². The summed E-state index contributed by atoms with van der Waals surface area (Å²) < 4.78 is 38.6. The highest BCUT2D eigenvalue weighted by Gasteiger charge is 2.33. The van der Waals surface area contributed by atoms with Gasteiger partial charge in [0.25, 0.3) is 5.91 Å². The van der Waals surface area contributed by atoms with E-state index in [0.29, 0.717) is 5.13 Å². The standard InChI is InChI=1S/C14H9F3N4OS/c15-14(16,17)10-3-1-2-4-11(10)21-12(22)9(7-18)8-20-13-19-5-6-23-13/h1-6,8H,(H,19,20)(H,21,22)/b9-8-. The van der Waals surface area contributed by atoms with Crippen molar-refractivity contribution in [1.82, 2.24) is 4.98 Å². The van der Waals surface area contributed by atoms with E-state index in [9.17, 15) is 18.0 Å². The Morgan fingerprint density at radius 2 is 2.09 bits per heavy atom. The average molecular weight is 338 g/mol. The maximum Gasteiger partial charge on any atom is 0.418 e. The molecule has 0 fully saturated rings. The third-order valence-electron chi connectivity index (χ3n) is 2.62. The van der Waals surface area contributed by atoms with E-state index in [4.69, 9.17) is 5.26 Å². The maximum atomic E-state index is 12.9. The van der Waals surface area contributed by atoms with Crippen LogP contribution in [0.3, 0.4) is 0 Å². The summed E-state index contributed by atoms with van der Waals surface area (Å²) in [6.07, 6.45) is -2.00.